The van der Waals surface area contributed by atoms with Crippen molar-refractivity contribution in [2.24, 2.45) is 0 Å². The van der Waals surface area contributed by atoms with Gasteiger partial charge in [-0.1, -0.05) is 12.1 Å². The second-order valence-electron chi connectivity index (χ2n) is 4.60. The molecule has 1 N–H and O–H groups in total. The summed E-state index contributed by atoms with van der Waals surface area (Å²) >= 11 is 0. The summed E-state index contributed by atoms with van der Waals surface area (Å²) in [7, 11) is -4.17. The minimum Gasteiger partial charge on any atom is -0.406 e. The Morgan fingerprint density at radius 3 is 2.33 bits per heavy atom. The van der Waals surface area contributed by atoms with Gasteiger partial charge in [0.15, 0.2) is 11.6 Å². The van der Waals surface area contributed by atoms with Gasteiger partial charge in [0.25, 0.3) is 0 Å². The molecule has 0 bridgehead atoms. The van der Waals surface area contributed by atoms with Crippen LogP contribution in [0.4, 0.5) is 22.0 Å². The number of nitrogens with one attached hydrogen (secondary N) is 1. The van der Waals surface area contributed by atoms with E-state index in [0.29, 0.717) is 12.1 Å². The number of alkyl halides is 3. The molecule has 0 atom stereocenters. The van der Waals surface area contributed by atoms with Gasteiger partial charge < -0.3 is 4.74 Å². The van der Waals surface area contributed by atoms with Gasteiger partial charge in [0.1, 0.15) is 5.75 Å². The highest BCUT2D eigenvalue weighted by atomic mass is 32.2. The van der Waals surface area contributed by atoms with Gasteiger partial charge in [-0.25, -0.2) is 21.9 Å². The maximum atomic E-state index is 13.1. The molecule has 0 saturated carbocycles. The van der Waals surface area contributed by atoms with Crippen molar-refractivity contribution in [3.8, 4) is 5.75 Å². The zero-order valence-electron chi connectivity index (χ0n) is 11.8. The topological polar surface area (TPSA) is 55.4 Å². The molecule has 0 aromatic heterocycles. The Morgan fingerprint density at radius 1 is 1.00 bits per heavy atom. The summed E-state index contributed by atoms with van der Waals surface area (Å²) in [6, 6.07) is 6.70. The van der Waals surface area contributed by atoms with Gasteiger partial charge in [-0.05, 0) is 35.9 Å². The molecule has 0 saturated heterocycles. The fourth-order valence-corrected chi connectivity index (χ4v) is 2.79. The molecule has 0 aliphatic rings. The molecule has 0 unspecified atom stereocenters. The first kappa shape index (κ1) is 18.1. The van der Waals surface area contributed by atoms with Gasteiger partial charge >= 0.3 is 6.36 Å². The summed E-state index contributed by atoms with van der Waals surface area (Å²) in [5, 5.41) is 0. The first-order valence-electron chi connectivity index (χ1n) is 6.36. The molecule has 0 radical (unpaired) electrons. The molecule has 4 nitrogen and oxygen atoms in total. The third-order valence-corrected chi connectivity index (χ3v) is 4.20. The molecule has 130 valence electrons. The van der Waals surface area contributed by atoms with Gasteiger partial charge in [-0.3, -0.25) is 0 Å². The van der Waals surface area contributed by atoms with Crippen LogP contribution in [0, 0.1) is 11.6 Å². The van der Waals surface area contributed by atoms with E-state index in [-0.39, 0.29) is 12.1 Å². The summed E-state index contributed by atoms with van der Waals surface area (Å²) in [5.41, 5.74) is 0.183. The monoisotopic (exact) mass is 367 g/mol. The predicted molar refractivity (Wildman–Crippen MR) is 73.5 cm³/mol. The third kappa shape index (κ3) is 4.90. The van der Waals surface area contributed by atoms with E-state index in [4.69, 9.17) is 0 Å². The maximum Gasteiger partial charge on any atom is 0.573 e. The summed E-state index contributed by atoms with van der Waals surface area (Å²) < 4.78 is 92.1. The Hall–Kier alpha value is -2.20. The van der Waals surface area contributed by atoms with E-state index in [2.05, 4.69) is 9.46 Å². The number of hydrogen-bond acceptors (Lipinski definition) is 3. The maximum absolute atomic E-state index is 13.1. The second-order valence-corrected chi connectivity index (χ2v) is 6.36. The number of rotatable bonds is 5. The van der Waals surface area contributed by atoms with E-state index >= 15 is 0 Å². The molecule has 0 amide bonds. The van der Waals surface area contributed by atoms with Crippen molar-refractivity contribution in [1.29, 1.82) is 0 Å². The molecule has 0 aliphatic carbocycles. The molecule has 0 heterocycles. The van der Waals surface area contributed by atoms with Crippen LogP contribution in [0.3, 0.4) is 0 Å². The molecule has 0 spiro atoms. The predicted octanol–water partition coefficient (Wildman–Crippen LogP) is 3.34. The van der Waals surface area contributed by atoms with Crippen LogP contribution in [-0.2, 0) is 16.6 Å². The normalized spacial score (nSPS) is 12.2. The Labute approximate surface area is 133 Å². The largest absolute Gasteiger partial charge is 0.573 e. The Bertz CT molecular complexity index is 837. The Kier molecular flexibility index (Phi) is 5.09. The van der Waals surface area contributed by atoms with E-state index in [0.717, 1.165) is 18.2 Å². The molecular weight excluding hydrogens is 357 g/mol. The van der Waals surface area contributed by atoms with Crippen LogP contribution in [0.1, 0.15) is 5.56 Å². The molecule has 10 heteroatoms. The SMILES string of the molecule is O=S(=O)(NCc1cccc(OC(F)(F)F)c1)c1ccc(F)c(F)c1. The minimum absolute atomic E-state index is 0.183. The number of ether oxygens (including phenoxy) is 1. The summed E-state index contributed by atoms with van der Waals surface area (Å²) in [5.74, 6) is -3.04. The van der Waals surface area contributed by atoms with E-state index in [1.54, 1.807) is 0 Å². The van der Waals surface area contributed by atoms with Crippen molar-refractivity contribution >= 4 is 10.0 Å². The molecule has 2 rings (SSSR count). The molecule has 2 aromatic rings. The van der Waals surface area contributed by atoms with Gasteiger partial charge in [-0.2, -0.15) is 0 Å². The van der Waals surface area contributed by atoms with Crippen molar-refractivity contribution in [3.05, 3.63) is 59.7 Å². The van der Waals surface area contributed by atoms with Crippen molar-refractivity contribution in [3.63, 3.8) is 0 Å². The molecule has 24 heavy (non-hydrogen) atoms. The highest BCUT2D eigenvalue weighted by Gasteiger charge is 2.31. The molecule has 0 aliphatic heterocycles. The smallest absolute Gasteiger partial charge is 0.406 e. The fraction of sp³-hybridized carbons (Fsp3) is 0.143. The summed E-state index contributed by atoms with van der Waals surface area (Å²) in [6.45, 7) is -0.365. The van der Waals surface area contributed by atoms with E-state index < -0.39 is 38.7 Å². The van der Waals surface area contributed by atoms with E-state index in [9.17, 15) is 30.4 Å². The van der Waals surface area contributed by atoms with Gasteiger partial charge in [0.2, 0.25) is 10.0 Å². The van der Waals surface area contributed by atoms with Crippen molar-refractivity contribution in [1.82, 2.24) is 4.72 Å². The van der Waals surface area contributed by atoms with Crippen LogP contribution in [0.15, 0.2) is 47.4 Å². The zero-order valence-corrected chi connectivity index (χ0v) is 12.6. The summed E-state index contributed by atoms with van der Waals surface area (Å²) in [4.78, 5) is -0.510. The average molecular weight is 367 g/mol. The van der Waals surface area contributed by atoms with Crippen LogP contribution in [0.25, 0.3) is 0 Å². The lowest BCUT2D eigenvalue weighted by molar-refractivity contribution is -0.274. The Balaban J connectivity index is 2.12. The number of sulfonamides is 1. The van der Waals surface area contributed by atoms with Crippen molar-refractivity contribution < 1.29 is 35.1 Å². The summed E-state index contributed by atoms with van der Waals surface area (Å²) in [6.07, 6.45) is -4.87. The zero-order chi connectivity index (χ0) is 18.0. The molecule has 2 aromatic carbocycles. The quantitative estimate of drug-likeness (QED) is 0.825. The lowest BCUT2D eigenvalue weighted by Crippen LogP contribution is -2.23. The number of hydrogen-bond donors (Lipinski definition) is 1. The van der Waals surface area contributed by atoms with Gasteiger partial charge in [0, 0.05) is 6.54 Å². The molecular formula is C14H10F5NO3S. The number of benzene rings is 2. The van der Waals surface area contributed by atoms with Crippen LogP contribution < -0.4 is 9.46 Å². The standard InChI is InChI=1S/C14H10F5NO3S/c15-12-5-4-11(7-13(12)16)24(21,22)20-8-9-2-1-3-10(6-9)23-14(17,18)19/h1-7,20H,8H2. The first-order chi connectivity index (χ1) is 11.1. The highest BCUT2D eigenvalue weighted by molar-refractivity contribution is 7.89. The Morgan fingerprint density at radius 2 is 1.71 bits per heavy atom. The average Bonchev–Trinajstić information content (AvgIpc) is 2.47. The van der Waals surface area contributed by atoms with Crippen LogP contribution in [0.5, 0.6) is 5.75 Å². The third-order valence-electron chi connectivity index (χ3n) is 2.80. The minimum atomic E-state index is -4.87. The fourth-order valence-electron chi connectivity index (χ4n) is 1.76. The number of halogens is 5. The van der Waals surface area contributed by atoms with Gasteiger partial charge in [0.05, 0.1) is 4.90 Å². The molecule has 0 fully saturated rings. The lowest BCUT2D eigenvalue weighted by atomic mass is 10.2. The van der Waals surface area contributed by atoms with Crippen LogP contribution in [0.2, 0.25) is 0 Å². The lowest BCUT2D eigenvalue weighted by Gasteiger charge is -2.11. The first-order valence-corrected chi connectivity index (χ1v) is 7.84. The van der Waals surface area contributed by atoms with E-state index in [1.807, 2.05) is 0 Å². The van der Waals surface area contributed by atoms with Crippen molar-refractivity contribution in [2.45, 2.75) is 17.8 Å². The van der Waals surface area contributed by atoms with Crippen LogP contribution >= 0.6 is 0 Å². The van der Waals surface area contributed by atoms with Crippen molar-refractivity contribution in [2.75, 3.05) is 0 Å². The highest BCUT2D eigenvalue weighted by Crippen LogP contribution is 2.23. The van der Waals surface area contributed by atoms with E-state index in [1.165, 1.54) is 12.1 Å². The van der Waals surface area contributed by atoms with Gasteiger partial charge in [-0.15, -0.1) is 13.2 Å². The second kappa shape index (κ2) is 6.73. The van der Waals surface area contributed by atoms with Crippen LogP contribution in [-0.4, -0.2) is 14.8 Å².